The second kappa shape index (κ2) is 6.05. The molecule has 0 heterocycles. The average molecular weight is 253 g/mol. The van der Waals surface area contributed by atoms with E-state index < -0.39 is 0 Å². The van der Waals surface area contributed by atoms with Gasteiger partial charge in [0.1, 0.15) is 0 Å². The van der Waals surface area contributed by atoms with E-state index in [-0.39, 0.29) is 17.4 Å². The molecule has 2 fully saturated rings. The monoisotopic (exact) mass is 253 g/mol. The van der Waals surface area contributed by atoms with Crippen LogP contribution in [0.3, 0.4) is 0 Å². The molecule has 2 aliphatic rings. The van der Waals surface area contributed by atoms with Crippen LogP contribution in [0.4, 0.5) is 0 Å². The summed E-state index contributed by atoms with van der Waals surface area (Å²) in [6, 6.07) is 0. The number of hydrogen-bond donors (Lipinski definition) is 2. The van der Waals surface area contributed by atoms with Crippen LogP contribution in [-0.2, 0) is 4.79 Å². The molecule has 1 amide bonds. The van der Waals surface area contributed by atoms with Crippen molar-refractivity contribution in [2.24, 2.45) is 11.3 Å². The Morgan fingerprint density at radius 2 is 1.94 bits per heavy atom. The Balaban J connectivity index is 1.76. The smallest absolute Gasteiger partial charge is 0.225 e. The molecule has 0 radical (unpaired) electrons. The molecule has 0 saturated heterocycles. The fraction of sp³-hybridized carbons (Fsp3) is 0.933. The van der Waals surface area contributed by atoms with Crippen LogP contribution < -0.4 is 5.32 Å². The lowest BCUT2D eigenvalue weighted by Gasteiger charge is -2.33. The van der Waals surface area contributed by atoms with Crippen molar-refractivity contribution in [3.63, 3.8) is 0 Å². The van der Waals surface area contributed by atoms with Crippen molar-refractivity contribution in [2.45, 2.75) is 70.8 Å². The van der Waals surface area contributed by atoms with Gasteiger partial charge in [-0.1, -0.05) is 32.6 Å². The van der Waals surface area contributed by atoms with Crippen LogP contribution in [0.5, 0.6) is 0 Å². The summed E-state index contributed by atoms with van der Waals surface area (Å²) < 4.78 is 0. The number of aliphatic hydroxyl groups excluding tert-OH is 1. The summed E-state index contributed by atoms with van der Waals surface area (Å²) in [5.41, 5.74) is -0.133. The van der Waals surface area contributed by atoms with E-state index in [0.29, 0.717) is 5.92 Å². The van der Waals surface area contributed by atoms with Crippen molar-refractivity contribution < 1.29 is 9.90 Å². The SMILES string of the molecule is CC1(C(=O)NCC2CCCC(O)C2)CCCCC1. The summed E-state index contributed by atoms with van der Waals surface area (Å²) in [7, 11) is 0. The molecule has 2 rings (SSSR count). The molecule has 0 bridgehead atoms. The zero-order valence-electron chi connectivity index (χ0n) is 11.6. The zero-order chi connectivity index (χ0) is 13.0. The first-order valence-corrected chi connectivity index (χ1v) is 7.56. The second-order valence-electron chi connectivity index (χ2n) is 6.52. The maximum absolute atomic E-state index is 12.3. The van der Waals surface area contributed by atoms with Gasteiger partial charge in [0, 0.05) is 12.0 Å². The summed E-state index contributed by atoms with van der Waals surface area (Å²) in [6.07, 6.45) is 9.60. The minimum absolute atomic E-state index is 0.133. The Morgan fingerprint density at radius 3 is 2.61 bits per heavy atom. The van der Waals surface area contributed by atoms with E-state index in [1.165, 1.54) is 19.3 Å². The van der Waals surface area contributed by atoms with Gasteiger partial charge in [-0.15, -0.1) is 0 Å². The molecular formula is C15H27NO2. The highest BCUT2D eigenvalue weighted by molar-refractivity contribution is 5.82. The summed E-state index contributed by atoms with van der Waals surface area (Å²) in [4.78, 5) is 12.3. The van der Waals surface area contributed by atoms with Gasteiger partial charge >= 0.3 is 0 Å². The minimum Gasteiger partial charge on any atom is -0.393 e. The normalized spacial score (nSPS) is 31.9. The van der Waals surface area contributed by atoms with E-state index in [9.17, 15) is 9.90 Å². The molecule has 2 N–H and O–H groups in total. The van der Waals surface area contributed by atoms with Crippen LogP contribution in [0.2, 0.25) is 0 Å². The van der Waals surface area contributed by atoms with Gasteiger partial charge in [0.15, 0.2) is 0 Å². The van der Waals surface area contributed by atoms with Gasteiger partial charge in [-0.2, -0.15) is 0 Å². The Labute approximate surface area is 110 Å². The Hall–Kier alpha value is -0.570. The van der Waals surface area contributed by atoms with Crippen molar-refractivity contribution in [3.8, 4) is 0 Å². The summed E-state index contributed by atoms with van der Waals surface area (Å²) in [5, 5.41) is 12.8. The molecular weight excluding hydrogens is 226 g/mol. The molecule has 0 aromatic heterocycles. The van der Waals surface area contributed by atoms with E-state index in [4.69, 9.17) is 0 Å². The van der Waals surface area contributed by atoms with Crippen molar-refractivity contribution >= 4 is 5.91 Å². The minimum atomic E-state index is -0.147. The highest BCUT2D eigenvalue weighted by atomic mass is 16.3. The van der Waals surface area contributed by atoms with Crippen LogP contribution in [0, 0.1) is 11.3 Å². The van der Waals surface area contributed by atoms with E-state index in [1.54, 1.807) is 0 Å². The topological polar surface area (TPSA) is 49.3 Å². The molecule has 2 atom stereocenters. The van der Waals surface area contributed by atoms with Gasteiger partial charge in [0.2, 0.25) is 5.91 Å². The molecule has 0 aliphatic heterocycles. The first kappa shape index (κ1) is 13.9. The van der Waals surface area contributed by atoms with Crippen molar-refractivity contribution in [2.75, 3.05) is 6.54 Å². The Morgan fingerprint density at radius 1 is 1.22 bits per heavy atom. The quantitative estimate of drug-likeness (QED) is 0.812. The van der Waals surface area contributed by atoms with Crippen LogP contribution in [0.15, 0.2) is 0 Å². The Kier molecular flexibility index (Phi) is 4.66. The van der Waals surface area contributed by atoms with E-state index in [1.807, 2.05) is 0 Å². The van der Waals surface area contributed by atoms with Crippen LogP contribution in [0.25, 0.3) is 0 Å². The maximum atomic E-state index is 12.3. The molecule has 3 heteroatoms. The standard InChI is InChI=1S/C15H27NO2/c1-15(8-3-2-4-9-15)14(18)16-11-12-6-5-7-13(17)10-12/h12-13,17H,2-11H2,1H3,(H,16,18). The van der Waals surface area contributed by atoms with E-state index >= 15 is 0 Å². The van der Waals surface area contributed by atoms with E-state index in [2.05, 4.69) is 12.2 Å². The zero-order valence-corrected chi connectivity index (χ0v) is 11.6. The first-order valence-electron chi connectivity index (χ1n) is 7.56. The van der Waals surface area contributed by atoms with Crippen LogP contribution in [0.1, 0.15) is 64.7 Å². The first-order chi connectivity index (χ1) is 8.60. The molecule has 104 valence electrons. The fourth-order valence-corrected chi connectivity index (χ4v) is 3.46. The highest BCUT2D eigenvalue weighted by Gasteiger charge is 2.34. The number of aliphatic hydroxyl groups is 1. The summed E-state index contributed by atoms with van der Waals surface area (Å²) in [6.45, 7) is 2.86. The number of nitrogens with one attached hydrogen (secondary N) is 1. The van der Waals surface area contributed by atoms with Crippen LogP contribution in [-0.4, -0.2) is 23.7 Å². The molecule has 18 heavy (non-hydrogen) atoms. The molecule has 3 nitrogen and oxygen atoms in total. The van der Waals surface area contributed by atoms with Crippen molar-refractivity contribution in [3.05, 3.63) is 0 Å². The molecule has 0 aromatic carbocycles. The van der Waals surface area contributed by atoms with Crippen molar-refractivity contribution in [1.29, 1.82) is 0 Å². The maximum Gasteiger partial charge on any atom is 0.225 e. The lowest BCUT2D eigenvalue weighted by atomic mass is 9.75. The van der Waals surface area contributed by atoms with E-state index in [0.717, 1.165) is 45.1 Å². The number of hydrogen-bond acceptors (Lipinski definition) is 2. The third-order valence-electron chi connectivity index (χ3n) is 4.81. The second-order valence-corrected chi connectivity index (χ2v) is 6.52. The Bertz CT molecular complexity index is 284. The third kappa shape index (κ3) is 3.47. The van der Waals surface area contributed by atoms with Gasteiger partial charge in [0.05, 0.1) is 6.10 Å². The molecule has 2 aliphatic carbocycles. The van der Waals surface area contributed by atoms with Gasteiger partial charge in [-0.05, 0) is 38.0 Å². The lowest BCUT2D eigenvalue weighted by molar-refractivity contribution is -0.132. The number of carbonyl (C=O) groups excluding carboxylic acids is 1. The predicted octanol–water partition coefficient (Wildman–Crippen LogP) is 2.62. The predicted molar refractivity (Wildman–Crippen MR) is 72.2 cm³/mol. The summed E-state index contributed by atoms with van der Waals surface area (Å²) in [5.74, 6) is 0.715. The van der Waals surface area contributed by atoms with Crippen molar-refractivity contribution in [1.82, 2.24) is 5.32 Å². The molecule has 2 saturated carbocycles. The average Bonchev–Trinajstić information content (AvgIpc) is 2.37. The number of carbonyl (C=O) groups is 1. The number of rotatable bonds is 3. The summed E-state index contributed by atoms with van der Waals surface area (Å²) >= 11 is 0. The largest absolute Gasteiger partial charge is 0.393 e. The van der Waals surface area contributed by atoms with Gasteiger partial charge in [-0.25, -0.2) is 0 Å². The van der Waals surface area contributed by atoms with Gasteiger partial charge in [-0.3, -0.25) is 4.79 Å². The highest BCUT2D eigenvalue weighted by Crippen LogP contribution is 2.36. The molecule has 0 aromatic rings. The number of amides is 1. The van der Waals surface area contributed by atoms with Crippen LogP contribution >= 0.6 is 0 Å². The fourth-order valence-electron chi connectivity index (χ4n) is 3.46. The van der Waals surface area contributed by atoms with Gasteiger partial charge < -0.3 is 10.4 Å². The molecule has 2 unspecified atom stereocenters. The third-order valence-corrected chi connectivity index (χ3v) is 4.81. The molecule has 0 spiro atoms. The lowest BCUT2D eigenvalue weighted by Crippen LogP contribution is -2.42. The van der Waals surface area contributed by atoms with Gasteiger partial charge in [0.25, 0.3) is 0 Å².